The number of hydrogen-bond donors (Lipinski definition) is 2. The molecule has 3 aromatic rings. The Labute approximate surface area is 174 Å². The Morgan fingerprint density at radius 2 is 2.03 bits per heavy atom. The van der Waals surface area contributed by atoms with Crippen molar-refractivity contribution in [2.75, 3.05) is 31.9 Å². The fraction of sp³-hybridized carbons (Fsp3) is 0.227. The highest BCUT2D eigenvalue weighted by molar-refractivity contribution is 5.93. The predicted molar refractivity (Wildman–Crippen MR) is 113 cm³/mol. The summed E-state index contributed by atoms with van der Waals surface area (Å²) in [7, 11) is 3.18. The van der Waals surface area contributed by atoms with Crippen LogP contribution in [0.5, 0.6) is 17.2 Å². The van der Waals surface area contributed by atoms with E-state index in [9.17, 15) is 4.79 Å². The summed E-state index contributed by atoms with van der Waals surface area (Å²) in [6.45, 7) is 0.320. The number of nitrogens with two attached hydrogens (primary N) is 1. The van der Waals surface area contributed by atoms with Crippen molar-refractivity contribution >= 4 is 17.5 Å². The van der Waals surface area contributed by atoms with Crippen LogP contribution in [0.15, 0.2) is 48.7 Å². The Bertz CT molecular complexity index is 1090. The van der Waals surface area contributed by atoms with Crippen molar-refractivity contribution in [3.05, 3.63) is 54.2 Å². The van der Waals surface area contributed by atoms with Gasteiger partial charge in [0, 0.05) is 23.5 Å². The molecule has 2 aromatic carbocycles. The van der Waals surface area contributed by atoms with Gasteiger partial charge in [-0.05, 0) is 48.4 Å². The van der Waals surface area contributed by atoms with Gasteiger partial charge in [0.1, 0.15) is 23.9 Å². The molecule has 0 saturated carbocycles. The van der Waals surface area contributed by atoms with Crippen molar-refractivity contribution in [2.24, 2.45) is 5.92 Å². The molecule has 30 heavy (non-hydrogen) atoms. The number of nitrogen functional groups attached to an aromatic ring is 1. The summed E-state index contributed by atoms with van der Waals surface area (Å²) in [6.07, 6.45) is 2.16. The van der Waals surface area contributed by atoms with E-state index in [1.165, 1.54) is 0 Å². The first-order valence-electron chi connectivity index (χ1n) is 9.45. The molecule has 0 unspecified atom stereocenters. The van der Waals surface area contributed by atoms with Gasteiger partial charge < -0.3 is 25.3 Å². The highest BCUT2D eigenvalue weighted by Gasteiger charge is 2.26. The maximum Gasteiger partial charge on any atom is 0.231 e. The van der Waals surface area contributed by atoms with E-state index in [1.807, 2.05) is 24.3 Å². The maximum absolute atomic E-state index is 12.8. The number of ether oxygens (including phenoxy) is 3. The summed E-state index contributed by atoms with van der Waals surface area (Å²) in [6, 6.07) is 12.7. The van der Waals surface area contributed by atoms with Gasteiger partial charge in [-0.3, -0.25) is 4.79 Å². The molecule has 0 aliphatic carbocycles. The third-order valence-corrected chi connectivity index (χ3v) is 4.96. The number of benzene rings is 2. The van der Waals surface area contributed by atoms with Gasteiger partial charge in [-0.25, -0.2) is 9.97 Å². The summed E-state index contributed by atoms with van der Waals surface area (Å²) < 4.78 is 16.5. The van der Waals surface area contributed by atoms with Gasteiger partial charge in [-0.15, -0.1) is 0 Å². The van der Waals surface area contributed by atoms with Crippen LogP contribution in [0.4, 0.5) is 11.6 Å². The van der Waals surface area contributed by atoms with Gasteiger partial charge in [-0.1, -0.05) is 0 Å². The number of nitrogens with one attached hydrogen (secondary N) is 1. The first-order chi connectivity index (χ1) is 14.6. The SMILES string of the molecule is COc1ccc2c(c1)C[C@H](C(=O)Nc1ccc(-c3ccnc(N)n3)c(OC)c1)CO2. The Morgan fingerprint density at radius 1 is 1.17 bits per heavy atom. The molecule has 0 spiro atoms. The standard InChI is InChI=1S/C22H22N4O4/c1-28-16-4-6-19-13(10-16)9-14(12-30-19)21(27)25-15-3-5-17(20(11-15)29-2)18-7-8-24-22(23)26-18/h3-8,10-11,14H,9,12H2,1-2H3,(H,25,27)(H2,23,24,26)/t14-/m0/s1. The normalized spacial score (nSPS) is 14.9. The maximum atomic E-state index is 12.8. The Kier molecular flexibility index (Phi) is 5.38. The van der Waals surface area contributed by atoms with Crippen LogP contribution in [0.25, 0.3) is 11.3 Å². The number of anilines is 2. The lowest BCUT2D eigenvalue weighted by Crippen LogP contribution is -2.32. The Balaban J connectivity index is 1.51. The molecular weight excluding hydrogens is 384 g/mol. The first-order valence-corrected chi connectivity index (χ1v) is 9.45. The van der Waals surface area contributed by atoms with Crippen molar-refractivity contribution in [3.8, 4) is 28.5 Å². The summed E-state index contributed by atoms with van der Waals surface area (Å²) in [4.78, 5) is 21.0. The van der Waals surface area contributed by atoms with Gasteiger partial charge in [0.05, 0.1) is 25.8 Å². The fourth-order valence-electron chi connectivity index (χ4n) is 3.41. The van der Waals surface area contributed by atoms with E-state index in [4.69, 9.17) is 19.9 Å². The van der Waals surface area contributed by atoms with E-state index >= 15 is 0 Å². The molecule has 1 aliphatic rings. The number of methoxy groups -OCH3 is 2. The van der Waals surface area contributed by atoms with E-state index < -0.39 is 0 Å². The number of amides is 1. The Morgan fingerprint density at radius 3 is 2.80 bits per heavy atom. The lowest BCUT2D eigenvalue weighted by Gasteiger charge is -2.25. The monoisotopic (exact) mass is 406 g/mol. The molecule has 1 amide bonds. The van der Waals surface area contributed by atoms with Gasteiger partial charge in [0.15, 0.2) is 0 Å². The van der Waals surface area contributed by atoms with Crippen molar-refractivity contribution in [3.63, 3.8) is 0 Å². The van der Waals surface area contributed by atoms with Crippen LogP contribution < -0.4 is 25.3 Å². The Hall–Kier alpha value is -3.81. The van der Waals surface area contributed by atoms with Crippen LogP contribution >= 0.6 is 0 Å². The number of hydrogen-bond acceptors (Lipinski definition) is 7. The fourth-order valence-corrected chi connectivity index (χ4v) is 3.41. The van der Waals surface area contributed by atoms with Gasteiger partial charge in [0.25, 0.3) is 0 Å². The van der Waals surface area contributed by atoms with Crippen molar-refractivity contribution < 1.29 is 19.0 Å². The zero-order valence-electron chi connectivity index (χ0n) is 16.7. The molecule has 154 valence electrons. The zero-order valence-corrected chi connectivity index (χ0v) is 16.7. The van der Waals surface area contributed by atoms with Crippen molar-refractivity contribution in [1.29, 1.82) is 0 Å². The lowest BCUT2D eigenvalue weighted by atomic mass is 9.95. The zero-order chi connectivity index (χ0) is 21.1. The first kappa shape index (κ1) is 19.5. The summed E-state index contributed by atoms with van der Waals surface area (Å²) in [5.74, 6) is 1.85. The second kappa shape index (κ2) is 8.28. The minimum atomic E-state index is -0.308. The van der Waals surface area contributed by atoms with Gasteiger partial charge >= 0.3 is 0 Å². The third kappa shape index (κ3) is 3.98. The minimum Gasteiger partial charge on any atom is -0.497 e. The number of nitrogens with zero attached hydrogens (tertiary/aromatic N) is 2. The molecule has 8 heteroatoms. The van der Waals surface area contributed by atoms with Crippen LogP contribution in [0.2, 0.25) is 0 Å². The second-order valence-electron chi connectivity index (χ2n) is 6.89. The molecule has 0 saturated heterocycles. The largest absolute Gasteiger partial charge is 0.497 e. The highest BCUT2D eigenvalue weighted by atomic mass is 16.5. The lowest BCUT2D eigenvalue weighted by molar-refractivity contribution is -0.121. The average Bonchev–Trinajstić information content (AvgIpc) is 2.78. The average molecular weight is 406 g/mol. The summed E-state index contributed by atoms with van der Waals surface area (Å²) in [5, 5.41) is 2.95. The molecule has 4 rings (SSSR count). The van der Waals surface area contributed by atoms with E-state index in [0.717, 1.165) is 22.6 Å². The van der Waals surface area contributed by atoms with E-state index in [1.54, 1.807) is 38.6 Å². The second-order valence-corrected chi connectivity index (χ2v) is 6.89. The van der Waals surface area contributed by atoms with Gasteiger partial charge in [0.2, 0.25) is 11.9 Å². The third-order valence-electron chi connectivity index (χ3n) is 4.96. The number of carbonyl (C=O) groups excluding carboxylic acids is 1. The van der Waals surface area contributed by atoms with Crippen LogP contribution in [0.3, 0.4) is 0 Å². The molecule has 8 nitrogen and oxygen atoms in total. The number of aromatic nitrogens is 2. The molecule has 1 atom stereocenters. The quantitative estimate of drug-likeness (QED) is 0.670. The van der Waals surface area contributed by atoms with Crippen LogP contribution in [-0.4, -0.2) is 36.7 Å². The summed E-state index contributed by atoms with van der Waals surface area (Å²) >= 11 is 0. The number of carbonyl (C=O) groups is 1. The molecule has 1 aliphatic heterocycles. The smallest absolute Gasteiger partial charge is 0.231 e. The minimum absolute atomic E-state index is 0.121. The molecule has 0 radical (unpaired) electrons. The molecule has 3 N–H and O–H groups in total. The van der Waals surface area contributed by atoms with E-state index in [2.05, 4.69) is 15.3 Å². The molecule has 1 aromatic heterocycles. The molecule has 0 fully saturated rings. The van der Waals surface area contributed by atoms with Crippen molar-refractivity contribution in [1.82, 2.24) is 9.97 Å². The van der Waals surface area contributed by atoms with Gasteiger partial charge in [-0.2, -0.15) is 0 Å². The van der Waals surface area contributed by atoms with Crippen LogP contribution in [-0.2, 0) is 11.2 Å². The summed E-state index contributed by atoms with van der Waals surface area (Å²) in [5.41, 5.74) is 8.65. The highest BCUT2D eigenvalue weighted by Crippen LogP contribution is 2.33. The predicted octanol–water partition coefficient (Wildman–Crippen LogP) is 2.93. The van der Waals surface area contributed by atoms with Crippen molar-refractivity contribution in [2.45, 2.75) is 6.42 Å². The van der Waals surface area contributed by atoms with E-state index in [0.29, 0.717) is 30.2 Å². The number of rotatable bonds is 5. The van der Waals surface area contributed by atoms with Crippen LogP contribution in [0.1, 0.15) is 5.56 Å². The molecular formula is C22H22N4O4. The topological polar surface area (TPSA) is 109 Å². The van der Waals surface area contributed by atoms with Crippen LogP contribution in [0, 0.1) is 5.92 Å². The molecule has 0 bridgehead atoms. The molecule has 2 heterocycles. The van der Waals surface area contributed by atoms with E-state index in [-0.39, 0.29) is 17.8 Å². The number of fused-ring (bicyclic) bond motifs is 1.